The summed E-state index contributed by atoms with van der Waals surface area (Å²) in [5.74, 6) is -1.46. The van der Waals surface area contributed by atoms with Crippen LogP contribution >= 0.6 is 11.6 Å². The van der Waals surface area contributed by atoms with Crippen LogP contribution in [0.4, 0.5) is 8.78 Å². The van der Waals surface area contributed by atoms with Crippen LogP contribution < -0.4 is 0 Å². The number of hydrogen-bond donors (Lipinski definition) is 0. The number of rotatable bonds is 2. The van der Waals surface area contributed by atoms with Crippen LogP contribution in [0.2, 0.25) is 5.02 Å². The summed E-state index contributed by atoms with van der Waals surface area (Å²) >= 11 is 6.01. The lowest BCUT2D eigenvalue weighted by molar-refractivity contribution is 0.101. The van der Waals surface area contributed by atoms with Gasteiger partial charge in [0.1, 0.15) is 11.6 Å². The average Bonchev–Trinajstić information content (AvgIpc) is 2.30. The Morgan fingerprint density at radius 2 is 1.72 bits per heavy atom. The second kappa shape index (κ2) is 4.86. The third-order valence-corrected chi connectivity index (χ3v) is 2.91. The number of carbonyl (C=O) groups is 1. The highest BCUT2D eigenvalue weighted by Gasteiger charge is 2.11. The molecule has 0 saturated heterocycles. The van der Waals surface area contributed by atoms with E-state index < -0.39 is 11.6 Å². The zero-order chi connectivity index (χ0) is 13.3. The Morgan fingerprint density at radius 1 is 1.06 bits per heavy atom. The Labute approximate surface area is 108 Å². The van der Waals surface area contributed by atoms with Crippen molar-refractivity contribution >= 4 is 17.4 Å². The van der Waals surface area contributed by atoms with Gasteiger partial charge in [0, 0.05) is 27.8 Å². The van der Waals surface area contributed by atoms with Crippen LogP contribution in [0.25, 0.3) is 11.1 Å². The largest absolute Gasteiger partial charge is 0.295 e. The molecule has 0 aliphatic heterocycles. The van der Waals surface area contributed by atoms with Gasteiger partial charge in [-0.3, -0.25) is 4.79 Å². The predicted molar refractivity (Wildman–Crippen MR) is 66.8 cm³/mol. The maximum absolute atomic E-state index is 13.6. The van der Waals surface area contributed by atoms with Crippen molar-refractivity contribution in [3.63, 3.8) is 0 Å². The van der Waals surface area contributed by atoms with Crippen LogP contribution in [0.15, 0.2) is 36.4 Å². The van der Waals surface area contributed by atoms with E-state index in [0.717, 1.165) is 12.1 Å². The number of ketones is 1. The molecule has 0 amide bonds. The van der Waals surface area contributed by atoms with Crippen molar-refractivity contribution in [3.8, 4) is 11.1 Å². The van der Waals surface area contributed by atoms with E-state index in [0.29, 0.717) is 11.1 Å². The van der Waals surface area contributed by atoms with Gasteiger partial charge >= 0.3 is 0 Å². The number of carbonyl (C=O) groups excluding carboxylic acids is 1. The van der Waals surface area contributed by atoms with Gasteiger partial charge in [-0.2, -0.15) is 0 Å². The summed E-state index contributed by atoms with van der Waals surface area (Å²) in [5, 5.41) is 0.258. The van der Waals surface area contributed by atoms with Gasteiger partial charge in [0.15, 0.2) is 5.78 Å². The molecule has 2 aromatic carbocycles. The molecule has 0 saturated carbocycles. The van der Waals surface area contributed by atoms with Crippen molar-refractivity contribution in [2.24, 2.45) is 0 Å². The summed E-state index contributed by atoms with van der Waals surface area (Å²) in [6.07, 6.45) is 0. The van der Waals surface area contributed by atoms with Crippen LogP contribution in [-0.4, -0.2) is 5.78 Å². The molecule has 0 unspecified atom stereocenters. The van der Waals surface area contributed by atoms with Crippen molar-refractivity contribution in [1.82, 2.24) is 0 Å². The third-order valence-electron chi connectivity index (χ3n) is 2.60. The van der Waals surface area contributed by atoms with E-state index in [1.807, 2.05) is 0 Å². The molecular weight excluding hydrogens is 258 g/mol. The van der Waals surface area contributed by atoms with E-state index in [2.05, 4.69) is 0 Å². The summed E-state index contributed by atoms with van der Waals surface area (Å²) in [5.41, 5.74) is 1.09. The SMILES string of the molecule is CC(=O)c1ccc(-c2ccc(F)cc2F)c(Cl)c1. The first-order valence-corrected chi connectivity index (χ1v) is 5.63. The molecule has 2 aromatic rings. The molecule has 1 nitrogen and oxygen atoms in total. The highest BCUT2D eigenvalue weighted by atomic mass is 35.5. The number of Topliss-reactive ketones (excluding diaryl/α,β-unsaturated/α-hetero) is 1. The molecule has 0 fully saturated rings. The molecule has 4 heteroatoms. The minimum atomic E-state index is -0.688. The van der Waals surface area contributed by atoms with E-state index in [1.165, 1.54) is 19.1 Å². The topological polar surface area (TPSA) is 17.1 Å². The number of benzene rings is 2. The summed E-state index contributed by atoms with van der Waals surface area (Å²) in [7, 11) is 0. The lowest BCUT2D eigenvalue weighted by Crippen LogP contribution is -1.93. The highest BCUT2D eigenvalue weighted by molar-refractivity contribution is 6.33. The van der Waals surface area contributed by atoms with E-state index >= 15 is 0 Å². The normalized spacial score (nSPS) is 10.4. The second-order valence-corrected chi connectivity index (χ2v) is 4.28. The van der Waals surface area contributed by atoms with E-state index in [1.54, 1.807) is 12.1 Å². The molecule has 0 aromatic heterocycles. The second-order valence-electron chi connectivity index (χ2n) is 3.87. The lowest BCUT2D eigenvalue weighted by Gasteiger charge is -2.07. The minimum absolute atomic E-state index is 0.122. The summed E-state index contributed by atoms with van der Waals surface area (Å²) in [4.78, 5) is 11.2. The molecule has 0 aliphatic carbocycles. The zero-order valence-corrected chi connectivity index (χ0v) is 10.3. The smallest absolute Gasteiger partial charge is 0.159 e. The van der Waals surface area contributed by atoms with Crippen LogP contribution in [0.1, 0.15) is 17.3 Å². The summed E-state index contributed by atoms with van der Waals surface area (Å²) in [6, 6.07) is 7.86. The molecule has 0 atom stereocenters. The van der Waals surface area contributed by atoms with Crippen molar-refractivity contribution in [3.05, 3.63) is 58.6 Å². The molecule has 0 spiro atoms. The number of hydrogen-bond acceptors (Lipinski definition) is 1. The molecular formula is C14H9ClF2O. The van der Waals surface area contributed by atoms with Crippen molar-refractivity contribution in [2.75, 3.05) is 0 Å². The molecule has 2 rings (SSSR count). The first-order chi connectivity index (χ1) is 8.49. The molecule has 92 valence electrons. The van der Waals surface area contributed by atoms with Crippen LogP contribution in [0, 0.1) is 11.6 Å². The first kappa shape index (κ1) is 12.7. The standard InChI is InChI=1S/C14H9ClF2O/c1-8(18)9-2-4-11(13(15)6-9)12-5-3-10(16)7-14(12)17/h2-7H,1H3. The van der Waals surface area contributed by atoms with Gasteiger partial charge in [-0.15, -0.1) is 0 Å². The fraction of sp³-hybridized carbons (Fsp3) is 0.0714. The Hall–Kier alpha value is -1.74. The predicted octanol–water partition coefficient (Wildman–Crippen LogP) is 4.49. The van der Waals surface area contributed by atoms with Crippen molar-refractivity contribution < 1.29 is 13.6 Å². The van der Waals surface area contributed by atoms with Crippen LogP contribution in [0.3, 0.4) is 0 Å². The maximum atomic E-state index is 13.6. The van der Waals surface area contributed by atoms with E-state index in [9.17, 15) is 13.6 Å². The Morgan fingerprint density at radius 3 is 2.28 bits per heavy atom. The average molecular weight is 267 g/mol. The molecule has 0 heterocycles. The zero-order valence-electron chi connectivity index (χ0n) is 9.51. The molecule has 0 radical (unpaired) electrons. The fourth-order valence-corrected chi connectivity index (χ4v) is 1.94. The third kappa shape index (κ3) is 2.41. The van der Waals surface area contributed by atoms with Gasteiger partial charge in [-0.25, -0.2) is 8.78 Å². The van der Waals surface area contributed by atoms with E-state index in [-0.39, 0.29) is 16.4 Å². The number of halogens is 3. The Kier molecular flexibility index (Phi) is 3.43. The monoisotopic (exact) mass is 266 g/mol. The molecule has 0 aliphatic rings. The van der Waals surface area contributed by atoms with Gasteiger partial charge in [0.25, 0.3) is 0 Å². The van der Waals surface area contributed by atoms with E-state index in [4.69, 9.17) is 11.6 Å². The van der Waals surface area contributed by atoms with Gasteiger partial charge in [-0.1, -0.05) is 23.7 Å². The molecule has 18 heavy (non-hydrogen) atoms. The fourth-order valence-electron chi connectivity index (χ4n) is 1.66. The molecule has 0 bridgehead atoms. The minimum Gasteiger partial charge on any atom is -0.295 e. The van der Waals surface area contributed by atoms with Gasteiger partial charge < -0.3 is 0 Å². The van der Waals surface area contributed by atoms with Crippen molar-refractivity contribution in [2.45, 2.75) is 6.92 Å². The van der Waals surface area contributed by atoms with Gasteiger partial charge in [-0.05, 0) is 25.1 Å². The Bertz CT molecular complexity index is 623. The quantitative estimate of drug-likeness (QED) is 0.732. The summed E-state index contributed by atoms with van der Waals surface area (Å²) < 4.78 is 26.4. The van der Waals surface area contributed by atoms with Gasteiger partial charge in [0.2, 0.25) is 0 Å². The lowest BCUT2D eigenvalue weighted by atomic mass is 10.0. The maximum Gasteiger partial charge on any atom is 0.159 e. The molecule has 0 N–H and O–H groups in total. The first-order valence-electron chi connectivity index (χ1n) is 5.25. The van der Waals surface area contributed by atoms with Crippen LogP contribution in [0.5, 0.6) is 0 Å². The van der Waals surface area contributed by atoms with Crippen LogP contribution in [-0.2, 0) is 0 Å². The Balaban J connectivity index is 2.54. The van der Waals surface area contributed by atoms with Crippen molar-refractivity contribution in [1.29, 1.82) is 0 Å². The van der Waals surface area contributed by atoms with Gasteiger partial charge in [0.05, 0.1) is 0 Å². The summed E-state index contributed by atoms with van der Waals surface area (Å²) in [6.45, 7) is 1.42. The highest BCUT2D eigenvalue weighted by Crippen LogP contribution is 2.31.